The van der Waals surface area contributed by atoms with E-state index < -0.39 is 0 Å². The van der Waals surface area contributed by atoms with Gasteiger partial charge in [0.1, 0.15) is 12.4 Å². The van der Waals surface area contributed by atoms with E-state index in [9.17, 15) is 0 Å². The van der Waals surface area contributed by atoms with Gasteiger partial charge in [0.15, 0.2) is 0 Å². The number of aliphatic hydroxyl groups excluding tert-OH is 1. The zero-order chi connectivity index (χ0) is 12.1. The molecule has 88 valence electrons. The van der Waals surface area contributed by atoms with Crippen molar-refractivity contribution in [3.8, 4) is 11.3 Å². The number of anilines is 1. The minimum absolute atomic E-state index is 0.206. The highest BCUT2D eigenvalue weighted by Crippen LogP contribution is 2.18. The Morgan fingerprint density at radius 2 is 1.94 bits per heavy atom. The van der Waals surface area contributed by atoms with E-state index in [1.54, 1.807) is 0 Å². The van der Waals surface area contributed by atoms with E-state index in [2.05, 4.69) is 26.0 Å². The zero-order valence-electron chi connectivity index (χ0n) is 9.38. The van der Waals surface area contributed by atoms with Gasteiger partial charge in [-0.25, -0.2) is 10.4 Å². The first-order chi connectivity index (χ1) is 8.31. The van der Waals surface area contributed by atoms with E-state index in [0.29, 0.717) is 5.95 Å². The summed E-state index contributed by atoms with van der Waals surface area (Å²) in [5.41, 5.74) is 7.62. The van der Waals surface area contributed by atoms with Crippen molar-refractivity contribution in [3.63, 3.8) is 0 Å². The Morgan fingerprint density at radius 3 is 2.59 bits per heavy atom. The van der Waals surface area contributed by atoms with Gasteiger partial charge >= 0.3 is 0 Å². The normalized spacial score (nSPS) is 10.2. The van der Waals surface area contributed by atoms with Crippen LogP contribution in [0.1, 0.15) is 5.69 Å². The maximum absolute atomic E-state index is 8.58. The minimum Gasteiger partial charge on any atom is -0.380 e. The van der Waals surface area contributed by atoms with Crippen LogP contribution in [0.4, 0.5) is 5.95 Å². The van der Waals surface area contributed by atoms with Crippen LogP contribution in [0.3, 0.4) is 0 Å². The lowest BCUT2D eigenvalue weighted by Gasteiger charge is -2.06. The first-order valence-electron chi connectivity index (χ1n) is 5.17. The maximum atomic E-state index is 8.58. The van der Waals surface area contributed by atoms with Crippen molar-refractivity contribution in [1.29, 1.82) is 0 Å². The summed E-state index contributed by atoms with van der Waals surface area (Å²) in [6.45, 7) is 1.66. The fraction of sp³-hybridized carbons (Fsp3) is 0.182. The van der Waals surface area contributed by atoms with Crippen LogP contribution in [0.2, 0.25) is 0 Å². The standard InChI is InChI=1S/C11H13N5O/c1-8-10(9-5-3-2-4-6-9)14-16-11(13-8)15-12-7-17/h2-6,12,17H,7H2,1H3,(H,13,15,16). The van der Waals surface area contributed by atoms with Crippen molar-refractivity contribution in [2.24, 2.45) is 0 Å². The molecule has 0 aliphatic carbocycles. The molecule has 2 rings (SSSR count). The lowest BCUT2D eigenvalue weighted by atomic mass is 10.1. The van der Waals surface area contributed by atoms with Crippen molar-refractivity contribution in [1.82, 2.24) is 20.6 Å². The van der Waals surface area contributed by atoms with Crippen LogP contribution in [0.25, 0.3) is 11.3 Å². The second kappa shape index (κ2) is 5.33. The number of hydrogen-bond acceptors (Lipinski definition) is 6. The predicted molar refractivity (Wildman–Crippen MR) is 63.8 cm³/mol. The molecule has 0 spiro atoms. The first-order valence-corrected chi connectivity index (χ1v) is 5.17. The number of nitrogens with zero attached hydrogens (tertiary/aromatic N) is 3. The SMILES string of the molecule is Cc1nc(NNCO)nnc1-c1ccccc1. The molecule has 1 heterocycles. The van der Waals surface area contributed by atoms with E-state index in [1.165, 1.54) is 0 Å². The molecular weight excluding hydrogens is 218 g/mol. The molecule has 0 atom stereocenters. The van der Waals surface area contributed by atoms with Gasteiger partial charge in [0.05, 0.1) is 5.69 Å². The molecule has 1 aromatic heterocycles. The molecule has 3 N–H and O–H groups in total. The zero-order valence-corrected chi connectivity index (χ0v) is 9.38. The predicted octanol–water partition coefficient (Wildman–Crippen LogP) is 0.713. The Hall–Kier alpha value is -2.05. The maximum Gasteiger partial charge on any atom is 0.257 e. The average molecular weight is 231 g/mol. The smallest absolute Gasteiger partial charge is 0.257 e. The van der Waals surface area contributed by atoms with Crippen LogP contribution in [-0.2, 0) is 0 Å². The molecule has 0 saturated carbocycles. The number of hydrogen-bond donors (Lipinski definition) is 3. The van der Waals surface area contributed by atoms with Gasteiger partial charge in [-0.15, -0.1) is 10.2 Å². The van der Waals surface area contributed by atoms with Crippen LogP contribution in [0.5, 0.6) is 0 Å². The summed E-state index contributed by atoms with van der Waals surface area (Å²) in [5, 5.41) is 16.6. The van der Waals surface area contributed by atoms with E-state index in [-0.39, 0.29) is 6.73 Å². The number of benzene rings is 1. The molecule has 0 bridgehead atoms. The van der Waals surface area contributed by atoms with Crippen molar-refractivity contribution >= 4 is 5.95 Å². The highest BCUT2D eigenvalue weighted by atomic mass is 16.3. The average Bonchev–Trinajstić information content (AvgIpc) is 2.37. The van der Waals surface area contributed by atoms with Crippen LogP contribution >= 0.6 is 0 Å². The van der Waals surface area contributed by atoms with E-state index in [0.717, 1.165) is 17.0 Å². The number of aryl methyl sites for hydroxylation is 1. The fourth-order valence-corrected chi connectivity index (χ4v) is 1.44. The van der Waals surface area contributed by atoms with Gasteiger partial charge in [-0.2, -0.15) is 0 Å². The summed E-state index contributed by atoms with van der Waals surface area (Å²) in [5.74, 6) is 0.330. The van der Waals surface area contributed by atoms with Crippen molar-refractivity contribution in [3.05, 3.63) is 36.0 Å². The van der Waals surface area contributed by atoms with Crippen LogP contribution in [0, 0.1) is 6.92 Å². The molecule has 1 aromatic carbocycles. The van der Waals surface area contributed by atoms with Crippen LogP contribution < -0.4 is 10.9 Å². The molecule has 0 fully saturated rings. The van der Waals surface area contributed by atoms with Crippen LogP contribution in [0.15, 0.2) is 30.3 Å². The van der Waals surface area contributed by atoms with Gasteiger partial charge in [-0.1, -0.05) is 30.3 Å². The third-order valence-electron chi connectivity index (χ3n) is 2.19. The quantitative estimate of drug-likeness (QED) is 0.531. The van der Waals surface area contributed by atoms with Crippen LogP contribution in [-0.4, -0.2) is 27.0 Å². The molecule has 0 radical (unpaired) electrons. The molecule has 0 unspecified atom stereocenters. The molecule has 0 saturated heterocycles. The lowest BCUT2D eigenvalue weighted by molar-refractivity contribution is 0.271. The molecule has 0 aliphatic rings. The van der Waals surface area contributed by atoms with Gasteiger partial charge in [0, 0.05) is 5.56 Å². The lowest BCUT2D eigenvalue weighted by Crippen LogP contribution is -2.24. The summed E-state index contributed by atoms with van der Waals surface area (Å²) >= 11 is 0. The van der Waals surface area contributed by atoms with Gasteiger partial charge < -0.3 is 5.11 Å². The molecular formula is C11H13N5O. The topological polar surface area (TPSA) is 83.0 Å². The van der Waals surface area contributed by atoms with E-state index in [4.69, 9.17) is 5.11 Å². The monoisotopic (exact) mass is 231 g/mol. The molecule has 17 heavy (non-hydrogen) atoms. The van der Waals surface area contributed by atoms with Gasteiger partial charge in [0.25, 0.3) is 5.95 Å². The molecule has 0 aliphatic heterocycles. The van der Waals surface area contributed by atoms with Crippen molar-refractivity contribution in [2.75, 3.05) is 12.2 Å². The highest BCUT2D eigenvalue weighted by molar-refractivity contribution is 5.60. The van der Waals surface area contributed by atoms with Gasteiger partial charge in [-0.05, 0) is 6.92 Å². The summed E-state index contributed by atoms with van der Waals surface area (Å²) < 4.78 is 0. The second-order valence-corrected chi connectivity index (χ2v) is 3.40. The molecule has 6 nitrogen and oxygen atoms in total. The molecule has 2 aromatic rings. The Balaban J connectivity index is 2.26. The number of aliphatic hydroxyl groups is 1. The number of rotatable bonds is 4. The van der Waals surface area contributed by atoms with Crippen molar-refractivity contribution in [2.45, 2.75) is 6.92 Å². The van der Waals surface area contributed by atoms with Gasteiger partial charge in [-0.3, -0.25) is 5.43 Å². The third kappa shape index (κ3) is 2.74. The second-order valence-electron chi connectivity index (χ2n) is 3.40. The number of aromatic nitrogens is 3. The number of nitrogens with one attached hydrogen (secondary N) is 2. The molecule has 0 amide bonds. The summed E-state index contributed by atoms with van der Waals surface area (Å²) in [6.07, 6.45) is 0. The Bertz CT molecular complexity index is 488. The summed E-state index contributed by atoms with van der Waals surface area (Å²) in [7, 11) is 0. The number of hydrazine groups is 1. The van der Waals surface area contributed by atoms with Crippen molar-refractivity contribution < 1.29 is 5.11 Å². The third-order valence-corrected chi connectivity index (χ3v) is 2.19. The summed E-state index contributed by atoms with van der Waals surface area (Å²) in [6, 6.07) is 9.74. The highest BCUT2D eigenvalue weighted by Gasteiger charge is 2.06. The Labute approximate surface area is 98.7 Å². The Kier molecular flexibility index (Phi) is 3.59. The van der Waals surface area contributed by atoms with E-state index in [1.807, 2.05) is 37.3 Å². The summed E-state index contributed by atoms with van der Waals surface area (Å²) in [4.78, 5) is 4.23. The minimum atomic E-state index is -0.206. The van der Waals surface area contributed by atoms with Gasteiger partial charge in [0.2, 0.25) is 0 Å². The fourth-order valence-electron chi connectivity index (χ4n) is 1.44. The van der Waals surface area contributed by atoms with E-state index >= 15 is 0 Å². The first kappa shape index (κ1) is 11.4. The molecule has 6 heteroatoms. The largest absolute Gasteiger partial charge is 0.380 e. The Morgan fingerprint density at radius 1 is 1.18 bits per heavy atom.